The van der Waals surface area contributed by atoms with Gasteiger partial charge < -0.3 is 10.3 Å². The number of hydrogen-bond donors (Lipinski definition) is 2. The lowest BCUT2D eigenvalue weighted by molar-refractivity contribution is -0.121. The number of nitrogens with one attached hydrogen (secondary N) is 2. The van der Waals surface area contributed by atoms with Crippen LogP contribution in [-0.2, 0) is 16.8 Å². The van der Waals surface area contributed by atoms with E-state index in [1.165, 1.54) is 22.0 Å². The molecule has 0 unspecified atom stereocenters. The third-order valence-electron chi connectivity index (χ3n) is 7.71. The number of nitrogens with zero attached hydrogens (tertiary/aromatic N) is 1. The number of halogens is 1. The predicted molar refractivity (Wildman–Crippen MR) is 144 cm³/mol. The van der Waals surface area contributed by atoms with Gasteiger partial charge in [-0.1, -0.05) is 55.0 Å². The minimum absolute atomic E-state index is 0. The summed E-state index contributed by atoms with van der Waals surface area (Å²) in [7, 11) is 4.40. The van der Waals surface area contributed by atoms with Crippen molar-refractivity contribution in [3.8, 4) is 0 Å². The number of carbonyl (C=O) groups excluding carboxylic acids is 1. The van der Waals surface area contributed by atoms with Crippen molar-refractivity contribution in [2.45, 2.75) is 63.3 Å². The zero-order valence-corrected chi connectivity index (χ0v) is 21.5. The summed E-state index contributed by atoms with van der Waals surface area (Å²) >= 11 is 0. The number of H-pyrrole nitrogens is 1. The summed E-state index contributed by atoms with van der Waals surface area (Å²) in [4.78, 5) is 18.1. The minimum atomic E-state index is 0. The summed E-state index contributed by atoms with van der Waals surface area (Å²) in [6.07, 6.45) is 11.7. The number of aromatic nitrogens is 1. The van der Waals surface area contributed by atoms with Crippen molar-refractivity contribution in [2.75, 3.05) is 20.6 Å². The molecule has 1 amide bonds. The second-order valence-electron chi connectivity index (χ2n) is 9.96. The number of aromatic amines is 1. The molecule has 4 nitrogen and oxygen atoms in total. The van der Waals surface area contributed by atoms with E-state index >= 15 is 0 Å². The average Bonchev–Trinajstić information content (AvgIpc) is 3.26. The molecule has 0 bridgehead atoms. The fourth-order valence-electron chi connectivity index (χ4n) is 5.56. The molecular weight excluding hydrogens is 442 g/mol. The van der Waals surface area contributed by atoms with Gasteiger partial charge in [-0.05, 0) is 82.2 Å². The standard InChI is InChI=1S/C29H39N3O.ClH/c1-32(2)29(25-12-6-4-7-13-25)19-17-23(18-20-29)21-31-28(33)16-8-3-5-11-24-22-30-27-15-10-9-14-26(24)27;/h4,6-7,9-10,12-15,22-23,30H,3,5,8,11,16-21H2,1-2H3,(H,31,33);1H. The second kappa shape index (κ2) is 12.4. The van der Waals surface area contributed by atoms with E-state index in [1.807, 2.05) is 0 Å². The molecule has 2 aromatic carbocycles. The van der Waals surface area contributed by atoms with Gasteiger partial charge in [0.1, 0.15) is 0 Å². The summed E-state index contributed by atoms with van der Waals surface area (Å²) in [6.45, 7) is 0.826. The Hall–Kier alpha value is -2.30. The zero-order valence-electron chi connectivity index (χ0n) is 20.7. The summed E-state index contributed by atoms with van der Waals surface area (Å²) in [6, 6.07) is 19.4. The first-order chi connectivity index (χ1) is 16.1. The van der Waals surface area contributed by atoms with E-state index < -0.39 is 0 Å². The van der Waals surface area contributed by atoms with Crippen molar-refractivity contribution >= 4 is 29.2 Å². The fourth-order valence-corrected chi connectivity index (χ4v) is 5.56. The maximum Gasteiger partial charge on any atom is 0.220 e. The lowest BCUT2D eigenvalue weighted by Gasteiger charge is -2.45. The third kappa shape index (κ3) is 6.22. The molecule has 3 aromatic rings. The third-order valence-corrected chi connectivity index (χ3v) is 7.71. The molecular formula is C29H40ClN3O. The Morgan fingerprint density at radius 3 is 2.44 bits per heavy atom. The maximum absolute atomic E-state index is 12.4. The first-order valence-electron chi connectivity index (χ1n) is 12.6. The van der Waals surface area contributed by atoms with Gasteiger partial charge in [0.15, 0.2) is 0 Å². The van der Waals surface area contributed by atoms with Crippen LogP contribution in [0.25, 0.3) is 10.9 Å². The first-order valence-corrected chi connectivity index (χ1v) is 12.6. The van der Waals surface area contributed by atoms with Crippen LogP contribution in [0.1, 0.15) is 62.5 Å². The van der Waals surface area contributed by atoms with E-state index in [9.17, 15) is 4.79 Å². The molecule has 0 aliphatic heterocycles. The lowest BCUT2D eigenvalue weighted by atomic mass is 9.72. The summed E-state index contributed by atoms with van der Waals surface area (Å²) < 4.78 is 0. The highest BCUT2D eigenvalue weighted by Crippen LogP contribution is 2.42. The van der Waals surface area contributed by atoms with Crippen molar-refractivity contribution in [1.82, 2.24) is 15.2 Å². The Balaban J connectivity index is 0.00000324. The van der Waals surface area contributed by atoms with Crippen LogP contribution in [0.5, 0.6) is 0 Å². The number of carbonyl (C=O) groups is 1. The van der Waals surface area contributed by atoms with Crippen LogP contribution < -0.4 is 5.32 Å². The molecule has 1 heterocycles. The van der Waals surface area contributed by atoms with Crippen LogP contribution >= 0.6 is 12.4 Å². The van der Waals surface area contributed by atoms with Crippen LogP contribution in [0, 0.1) is 5.92 Å². The largest absolute Gasteiger partial charge is 0.361 e. The molecule has 1 fully saturated rings. The van der Waals surface area contributed by atoms with E-state index in [0.29, 0.717) is 12.3 Å². The van der Waals surface area contributed by atoms with E-state index in [0.717, 1.165) is 57.9 Å². The van der Waals surface area contributed by atoms with Gasteiger partial charge >= 0.3 is 0 Å². The van der Waals surface area contributed by atoms with E-state index in [2.05, 4.69) is 90.1 Å². The van der Waals surface area contributed by atoms with Gasteiger partial charge in [0, 0.05) is 35.6 Å². The van der Waals surface area contributed by atoms with Crippen LogP contribution in [0.3, 0.4) is 0 Å². The number of rotatable bonds is 10. The lowest BCUT2D eigenvalue weighted by Crippen LogP contribution is -2.45. The number of para-hydroxylation sites is 1. The number of amides is 1. The molecule has 1 aliphatic rings. The Morgan fingerprint density at radius 2 is 1.71 bits per heavy atom. The SMILES string of the molecule is CN(C)C1(c2ccccc2)CCC(CNC(=O)CCCCCc2c[nH]c3ccccc23)CC1.Cl. The van der Waals surface area contributed by atoms with Crippen LogP contribution in [0.4, 0.5) is 0 Å². The van der Waals surface area contributed by atoms with E-state index in [-0.39, 0.29) is 23.9 Å². The Kier molecular flexibility index (Phi) is 9.61. The Labute approximate surface area is 210 Å². The van der Waals surface area contributed by atoms with Crippen LogP contribution in [0.15, 0.2) is 60.8 Å². The van der Waals surface area contributed by atoms with Crippen molar-refractivity contribution in [3.63, 3.8) is 0 Å². The maximum atomic E-state index is 12.4. The molecule has 0 saturated heterocycles. The smallest absolute Gasteiger partial charge is 0.220 e. The van der Waals surface area contributed by atoms with E-state index in [4.69, 9.17) is 0 Å². The molecule has 0 spiro atoms. The summed E-state index contributed by atoms with van der Waals surface area (Å²) in [5.41, 5.74) is 4.15. The van der Waals surface area contributed by atoms with Gasteiger partial charge in [-0.25, -0.2) is 0 Å². The summed E-state index contributed by atoms with van der Waals surface area (Å²) in [5.74, 6) is 0.808. The van der Waals surface area contributed by atoms with Gasteiger partial charge in [0.25, 0.3) is 0 Å². The Morgan fingerprint density at radius 1 is 1.00 bits per heavy atom. The van der Waals surface area contributed by atoms with Crippen LogP contribution in [0.2, 0.25) is 0 Å². The van der Waals surface area contributed by atoms with Crippen molar-refractivity contribution < 1.29 is 4.79 Å². The number of fused-ring (bicyclic) bond motifs is 1. The van der Waals surface area contributed by atoms with Crippen molar-refractivity contribution in [3.05, 3.63) is 71.9 Å². The van der Waals surface area contributed by atoms with Gasteiger partial charge in [0.05, 0.1) is 0 Å². The van der Waals surface area contributed by atoms with Crippen molar-refractivity contribution in [1.29, 1.82) is 0 Å². The molecule has 2 N–H and O–H groups in total. The monoisotopic (exact) mass is 481 g/mol. The first kappa shape index (κ1) is 26.3. The number of unbranched alkanes of at least 4 members (excludes halogenated alkanes) is 2. The minimum Gasteiger partial charge on any atom is -0.361 e. The van der Waals surface area contributed by atoms with Gasteiger partial charge in [-0.2, -0.15) is 0 Å². The molecule has 1 aliphatic carbocycles. The Bertz CT molecular complexity index is 1020. The number of hydrogen-bond acceptors (Lipinski definition) is 2. The van der Waals surface area contributed by atoms with Gasteiger partial charge in [-0.3, -0.25) is 9.69 Å². The molecule has 1 aromatic heterocycles. The second-order valence-corrected chi connectivity index (χ2v) is 9.96. The molecule has 0 atom stereocenters. The highest BCUT2D eigenvalue weighted by Gasteiger charge is 2.38. The quantitative estimate of drug-likeness (QED) is 0.326. The molecule has 5 heteroatoms. The van der Waals surface area contributed by atoms with Crippen molar-refractivity contribution in [2.24, 2.45) is 5.92 Å². The fraction of sp³-hybridized carbons (Fsp3) is 0.483. The molecule has 184 valence electrons. The van der Waals surface area contributed by atoms with Gasteiger partial charge in [0.2, 0.25) is 5.91 Å². The number of aryl methyl sites for hydroxylation is 1. The molecule has 0 radical (unpaired) electrons. The molecule has 1 saturated carbocycles. The number of benzene rings is 2. The zero-order chi connectivity index (χ0) is 23.1. The molecule has 34 heavy (non-hydrogen) atoms. The highest BCUT2D eigenvalue weighted by atomic mass is 35.5. The van der Waals surface area contributed by atoms with Crippen LogP contribution in [-0.4, -0.2) is 36.4 Å². The average molecular weight is 482 g/mol. The molecule has 4 rings (SSSR count). The predicted octanol–water partition coefficient (Wildman–Crippen LogP) is 6.46. The van der Waals surface area contributed by atoms with Gasteiger partial charge in [-0.15, -0.1) is 12.4 Å². The topological polar surface area (TPSA) is 48.1 Å². The summed E-state index contributed by atoms with van der Waals surface area (Å²) in [5, 5.41) is 4.55. The highest BCUT2D eigenvalue weighted by molar-refractivity contribution is 5.85. The van der Waals surface area contributed by atoms with E-state index in [1.54, 1.807) is 0 Å². The normalized spacial score (nSPS) is 20.3.